The summed E-state index contributed by atoms with van der Waals surface area (Å²) in [6, 6.07) is 0.382. The molecule has 7 nitrogen and oxygen atoms in total. The quantitative estimate of drug-likeness (QED) is 0.761. The van der Waals surface area contributed by atoms with Crippen LogP contribution in [0.3, 0.4) is 0 Å². The highest BCUT2D eigenvalue weighted by molar-refractivity contribution is 5.84. The van der Waals surface area contributed by atoms with E-state index in [9.17, 15) is 9.59 Å². The van der Waals surface area contributed by atoms with Gasteiger partial charge in [-0.25, -0.2) is 14.6 Å². The molecule has 2 N–H and O–H groups in total. The zero-order valence-corrected chi connectivity index (χ0v) is 12.3. The molecule has 1 saturated carbocycles. The Kier molecular flexibility index (Phi) is 5.19. The van der Waals surface area contributed by atoms with Crippen molar-refractivity contribution in [1.29, 1.82) is 0 Å². The van der Waals surface area contributed by atoms with Crippen molar-refractivity contribution in [3.05, 3.63) is 18.2 Å². The van der Waals surface area contributed by atoms with Crippen LogP contribution in [0.5, 0.6) is 0 Å². The van der Waals surface area contributed by atoms with E-state index in [1.54, 1.807) is 4.57 Å². The molecule has 0 unspecified atom stereocenters. The van der Waals surface area contributed by atoms with Gasteiger partial charge in [-0.05, 0) is 19.3 Å². The lowest BCUT2D eigenvalue weighted by Gasteiger charge is -2.22. The lowest BCUT2D eigenvalue weighted by atomic mass is 10.3. The van der Waals surface area contributed by atoms with Crippen LogP contribution in [0.1, 0.15) is 43.1 Å². The fraction of sp³-hybridized carbons (Fsp3) is 0.643. The third-order valence-corrected chi connectivity index (χ3v) is 3.50. The average molecular weight is 294 g/mol. The Morgan fingerprint density at radius 1 is 1.52 bits per heavy atom. The first-order chi connectivity index (χ1) is 10.1. The highest BCUT2D eigenvalue weighted by atomic mass is 16.4. The number of unbranched alkanes of at least 4 members (excludes halogenated alkanes) is 1. The molecule has 116 valence electrons. The predicted octanol–water partition coefficient (Wildman–Crippen LogP) is 1.56. The van der Waals surface area contributed by atoms with E-state index in [-0.39, 0.29) is 11.7 Å². The number of imidazole rings is 1. The van der Waals surface area contributed by atoms with E-state index in [0.717, 1.165) is 32.2 Å². The van der Waals surface area contributed by atoms with E-state index in [0.29, 0.717) is 19.1 Å². The Balaban J connectivity index is 1.75. The van der Waals surface area contributed by atoms with E-state index in [1.165, 1.54) is 12.5 Å². The maximum Gasteiger partial charge on any atom is 0.356 e. The number of nitrogens with zero attached hydrogens (tertiary/aromatic N) is 3. The summed E-state index contributed by atoms with van der Waals surface area (Å²) in [5.74, 6) is -1.04. The summed E-state index contributed by atoms with van der Waals surface area (Å²) >= 11 is 0. The minimum Gasteiger partial charge on any atom is -0.476 e. The normalized spacial score (nSPS) is 14.0. The second-order valence-electron chi connectivity index (χ2n) is 5.31. The monoisotopic (exact) mass is 294 g/mol. The third-order valence-electron chi connectivity index (χ3n) is 3.50. The lowest BCUT2D eigenvalue weighted by Crippen LogP contribution is -2.42. The standard InChI is InChI=1S/C14H22N4O3/c1-2-3-7-18(11-4-5-11)14(21)15-6-8-17-9-12(13(19)20)16-10-17/h9-11H,2-8H2,1H3,(H,15,21)(H,19,20). The maximum absolute atomic E-state index is 12.1. The van der Waals surface area contributed by atoms with E-state index in [2.05, 4.69) is 17.2 Å². The van der Waals surface area contributed by atoms with Gasteiger partial charge in [0.25, 0.3) is 0 Å². The van der Waals surface area contributed by atoms with Gasteiger partial charge in [-0.3, -0.25) is 0 Å². The van der Waals surface area contributed by atoms with Gasteiger partial charge in [-0.1, -0.05) is 13.3 Å². The van der Waals surface area contributed by atoms with Gasteiger partial charge in [0.1, 0.15) is 0 Å². The van der Waals surface area contributed by atoms with Crippen molar-refractivity contribution in [1.82, 2.24) is 19.8 Å². The van der Waals surface area contributed by atoms with Crippen LogP contribution < -0.4 is 5.32 Å². The number of rotatable bonds is 8. The first-order valence-electron chi connectivity index (χ1n) is 7.41. The first kappa shape index (κ1) is 15.3. The number of carbonyl (C=O) groups is 2. The summed E-state index contributed by atoms with van der Waals surface area (Å²) in [5.41, 5.74) is 0.0175. The average Bonchev–Trinajstić information content (AvgIpc) is 3.17. The number of aromatic carboxylic acids is 1. The van der Waals surface area contributed by atoms with Crippen molar-refractivity contribution in [3.63, 3.8) is 0 Å². The Morgan fingerprint density at radius 2 is 2.29 bits per heavy atom. The van der Waals surface area contributed by atoms with Crippen LogP contribution in [-0.2, 0) is 6.54 Å². The van der Waals surface area contributed by atoms with Gasteiger partial charge in [-0.15, -0.1) is 0 Å². The maximum atomic E-state index is 12.1. The SMILES string of the molecule is CCCCN(C(=O)NCCn1cnc(C(=O)O)c1)C1CC1. The molecule has 21 heavy (non-hydrogen) atoms. The Labute approximate surface area is 124 Å². The molecule has 1 heterocycles. The smallest absolute Gasteiger partial charge is 0.356 e. The minimum absolute atomic E-state index is 0.0175. The molecule has 1 aliphatic carbocycles. The van der Waals surface area contributed by atoms with Gasteiger partial charge in [0.05, 0.1) is 6.33 Å². The van der Waals surface area contributed by atoms with Gasteiger partial charge in [0, 0.05) is 31.9 Å². The van der Waals surface area contributed by atoms with Crippen molar-refractivity contribution in [2.24, 2.45) is 0 Å². The molecule has 0 atom stereocenters. The number of aromatic nitrogens is 2. The van der Waals surface area contributed by atoms with Crippen LogP contribution in [0.2, 0.25) is 0 Å². The van der Waals surface area contributed by atoms with Crippen molar-refractivity contribution in [2.75, 3.05) is 13.1 Å². The molecule has 1 aliphatic rings. The van der Waals surface area contributed by atoms with E-state index in [1.807, 2.05) is 4.90 Å². The molecule has 1 fully saturated rings. The van der Waals surface area contributed by atoms with Crippen LogP contribution in [0.25, 0.3) is 0 Å². The van der Waals surface area contributed by atoms with E-state index >= 15 is 0 Å². The molecule has 0 saturated heterocycles. The van der Waals surface area contributed by atoms with Crippen LogP contribution in [0.4, 0.5) is 4.79 Å². The van der Waals surface area contributed by atoms with Gasteiger partial charge >= 0.3 is 12.0 Å². The minimum atomic E-state index is -1.04. The van der Waals surface area contributed by atoms with Gasteiger partial charge in [0.15, 0.2) is 5.69 Å². The van der Waals surface area contributed by atoms with Crippen LogP contribution >= 0.6 is 0 Å². The number of carboxylic acid groups (broad SMARTS) is 1. The summed E-state index contributed by atoms with van der Waals surface area (Å²) in [5, 5.41) is 11.7. The lowest BCUT2D eigenvalue weighted by molar-refractivity contribution is 0.0691. The number of hydrogen-bond acceptors (Lipinski definition) is 3. The molecule has 1 aromatic rings. The highest BCUT2D eigenvalue weighted by Crippen LogP contribution is 2.27. The summed E-state index contributed by atoms with van der Waals surface area (Å²) < 4.78 is 1.66. The molecule has 2 rings (SSSR count). The molecule has 7 heteroatoms. The fourth-order valence-corrected chi connectivity index (χ4v) is 2.15. The van der Waals surface area contributed by atoms with Crippen molar-refractivity contribution in [3.8, 4) is 0 Å². The summed E-state index contributed by atoms with van der Waals surface area (Å²) in [6.07, 6.45) is 7.22. The number of hydrogen-bond donors (Lipinski definition) is 2. The van der Waals surface area contributed by atoms with Crippen LogP contribution in [0, 0.1) is 0 Å². The van der Waals surface area contributed by atoms with Crippen molar-refractivity contribution < 1.29 is 14.7 Å². The number of carbonyl (C=O) groups excluding carboxylic acids is 1. The summed E-state index contributed by atoms with van der Waals surface area (Å²) in [7, 11) is 0. The largest absolute Gasteiger partial charge is 0.476 e. The predicted molar refractivity (Wildman–Crippen MR) is 77.2 cm³/mol. The molecule has 2 amide bonds. The summed E-state index contributed by atoms with van der Waals surface area (Å²) in [6.45, 7) is 3.89. The molecule has 0 aliphatic heterocycles. The number of amides is 2. The van der Waals surface area contributed by atoms with Gasteiger partial charge in [-0.2, -0.15) is 0 Å². The summed E-state index contributed by atoms with van der Waals surface area (Å²) in [4.78, 5) is 28.5. The Bertz CT molecular complexity index is 496. The van der Waals surface area contributed by atoms with Crippen molar-refractivity contribution in [2.45, 2.75) is 45.2 Å². The zero-order chi connectivity index (χ0) is 15.2. The van der Waals surface area contributed by atoms with E-state index < -0.39 is 5.97 Å². The topological polar surface area (TPSA) is 87.5 Å². The Morgan fingerprint density at radius 3 is 2.86 bits per heavy atom. The second-order valence-corrected chi connectivity index (χ2v) is 5.31. The number of carboxylic acids is 1. The first-order valence-corrected chi connectivity index (χ1v) is 7.41. The highest BCUT2D eigenvalue weighted by Gasteiger charge is 2.31. The number of nitrogens with one attached hydrogen (secondary N) is 1. The molecule has 1 aromatic heterocycles. The molecule has 0 aromatic carbocycles. The van der Waals surface area contributed by atoms with E-state index in [4.69, 9.17) is 5.11 Å². The van der Waals surface area contributed by atoms with Gasteiger partial charge < -0.3 is 19.9 Å². The number of urea groups is 1. The second kappa shape index (κ2) is 7.10. The van der Waals surface area contributed by atoms with Crippen LogP contribution in [-0.4, -0.2) is 50.7 Å². The Hall–Kier alpha value is -2.05. The molecular formula is C14H22N4O3. The van der Waals surface area contributed by atoms with Crippen molar-refractivity contribution >= 4 is 12.0 Å². The molecular weight excluding hydrogens is 272 g/mol. The van der Waals surface area contributed by atoms with Crippen LogP contribution in [0.15, 0.2) is 12.5 Å². The van der Waals surface area contributed by atoms with Gasteiger partial charge in [0.2, 0.25) is 0 Å². The molecule has 0 spiro atoms. The zero-order valence-electron chi connectivity index (χ0n) is 12.3. The fourth-order valence-electron chi connectivity index (χ4n) is 2.15. The third kappa shape index (κ3) is 4.47. The molecule has 0 bridgehead atoms. The molecule has 0 radical (unpaired) electrons.